The Hall–Kier alpha value is -2.89. The SMILES string of the molecule is CCc1ccc(C(=O)Nc2cnn(Cc3cnn(CC)c3)c2)cc1. The molecule has 0 bridgehead atoms. The lowest BCUT2D eigenvalue weighted by atomic mass is 10.1. The van der Waals surface area contributed by atoms with Crippen molar-refractivity contribution in [3.63, 3.8) is 0 Å². The molecule has 0 spiro atoms. The van der Waals surface area contributed by atoms with E-state index in [1.807, 2.05) is 54.5 Å². The summed E-state index contributed by atoms with van der Waals surface area (Å²) in [6, 6.07) is 7.64. The van der Waals surface area contributed by atoms with Crippen LogP contribution in [0.4, 0.5) is 5.69 Å². The first-order valence-electron chi connectivity index (χ1n) is 8.12. The lowest BCUT2D eigenvalue weighted by Crippen LogP contribution is -2.11. The number of anilines is 1. The fourth-order valence-corrected chi connectivity index (χ4v) is 2.46. The molecule has 3 aromatic rings. The third-order valence-corrected chi connectivity index (χ3v) is 3.87. The van der Waals surface area contributed by atoms with Crippen molar-refractivity contribution in [2.24, 2.45) is 0 Å². The Balaban J connectivity index is 1.63. The van der Waals surface area contributed by atoms with Crippen LogP contribution in [0.5, 0.6) is 0 Å². The number of hydrogen-bond donors (Lipinski definition) is 1. The lowest BCUT2D eigenvalue weighted by Gasteiger charge is -2.03. The topological polar surface area (TPSA) is 64.7 Å². The Morgan fingerprint density at radius 2 is 1.75 bits per heavy atom. The van der Waals surface area contributed by atoms with Gasteiger partial charge in [-0.2, -0.15) is 10.2 Å². The summed E-state index contributed by atoms with van der Waals surface area (Å²) >= 11 is 0. The van der Waals surface area contributed by atoms with Crippen LogP contribution < -0.4 is 5.32 Å². The van der Waals surface area contributed by atoms with Gasteiger partial charge in [0.25, 0.3) is 5.91 Å². The van der Waals surface area contributed by atoms with E-state index in [2.05, 4.69) is 22.4 Å². The molecule has 0 aliphatic heterocycles. The van der Waals surface area contributed by atoms with Crippen LogP contribution in [0.15, 0.2) is 49.1 Å². The molecule has 3 rings (SSSR count). The van der Waals surface area contributed by atoms with Crippen molar-refractivity contribution in [3.8, 4) is 0 Å². The molecule has 2 heterocycles. The third kappa shape index (κ3) is 3.71. The number of aromatic nitrogens is 4. The molecule has 1 N–H and O–H groups in total. The molecule has 0 aliphatic carbocycles. The second kappa shape index (κ2) is 7.12. The summed E-state index contributed by atoms with van der Waals surface area (Å²) in [5, 5.41) is 11.4. The molecule has 0 radical (unpaired) electrons. The number of amides is 1. The van der Waals surface area contributed by atoms with Gasteiger partial charge in [-0.05, 0) is 31.0 Å². The van der Waals surface area contributed by atoms with E-state index in [9.17, 15) is 4.79 Å². The minimum atomic E-state index is -0.129. The largest absolute Gasteiger partial charge is 0.319 e. The zero-order valence-corrected chi connectivity index (χ0v) is 13.9. The van der Waals surface area contributed by atoms with Gasteiger partial charge in [0.1, 0.15) is 0 Å². The average molecular weight is 323 g/mol. The molecular formula is C18H21N5O. The minimum Gasteiger partial charge on any atom is -0.319 e. The number of benzene rings is 1. The number of nitrogens with one attached hydrogen (secondary N) is 1. The van der Waals surface area contributed by atoms with E-state index in [-0.39, 0.29) is 5.91 Å². The quantitative estimate of drug-likeness (QED) is 0.758. The molecule has 24 heavy (non-hydrogen) atoms. The van der Waals surface area contributed by atoms with E-state index >= 15 is 0 Å². The monoisotopic (exact) mass is 323 g/mol. The van der Waals surface area contributed by atoms with Gasteiger partial charge < -0.3 is 5.32 Å². The van der Waals surface area contributed by atoms with E-state index in [1.165, 1.54) is 5.56 Å². The van der Waals surface area contributed by atoms with Gasteiger partial charge in [0.2, 0.25) is 0 Å². The molecule has 1 aromatic carbocycles. The zero-order chi connectivity index (χ0) is 16.9. The van der Waals surface area contributed by atoms with Gasteiger partial charge in [0.05, 0.1) is 24.6 Å². The summed E-state index contributed by atoms with van der Waals surface area (Å²) in [6.45, 7) is 5.61. The minimum absolute atomic E-state index is 0.129. The number of carbonyl (C=O) groups is 1. The molecule has 2 aromatic heterocycles. The molecule has 0 fully saturated rings. The molecular weight excluding hydrogens is 302 g/mol. The predicted octanol–water partition coefficient (Wildman–Crippen LogP) is 2.96. The summed E-state index contributed by atoms with van der Waals surface area (Å²) in [7, 11) is 0. The summed E-state index contributed by atoms with van der Waals surface area (Å²) in [5.74, 6) is -0.129. The first kappa shape index (κ1) is 16.0. The maximum atomic E-state index is 12.3. The summed E-state index contributed by atoms with van der Waals surface area (Å²) in [4.78, 5) is 12.3. The van der Waals surface area contributed by atoms with Crippen molar-refractivity contribution >= 4 is 11.6 Å². The van der Waals surface area contributed by atoms with E-state index in [1.54, 1.807) is 10.9 Å². The van der Waals surface area contributed by atoms with Gasteiger partial charge in [-0.15, -0.1) is 0 Å². The Bertz CT molecular complexity index is 816. The standard InChI is InChI=1S/C18H21N5O/c1-3-14-5-7-16(8-6-14)18(24)21-17-10-20-23(13-17)12-15-9-19-22(4-2)11-15/h5-11,13H,3-4,12H2,1-2H3,(H,21,24). The first-order chi connectivity index (χ1) is 11.7. The van der Waals surface area contributed by atoms with E-state index in [0.29, 0.717) is 17.8 Å². The van der Waals surface area contributed by atoms with Crippen molar-refractivity contribution in [2.75, 3.05) is 5.32 Å². The van der Waals surface area contributed by atoms with Crippen LogP contribution in [0.1, 0.15) is 35.3 Å². The smallest absolute Gasteiger partial charge is 0.255 e. The Kier molecular flexibility index (Phi) is 4.74. The molecule has 0 aliphatic rings. The third-order valence-electron chi connectivity index (χ3n) is 3.87. The summed E-state index contributed by atoms with van der Waals surface area (Å²) < 4.78 is 3.66. The first-order valence-corrected chi connectivity index (χ1v) is 8.12. The van der Waals surface area contributed by atoms with Crippen LogP contribution >= 0.6 is 0 Å². The van der Waals surface area contributed by atoms with Crippen molar-refractivity contribution in [1.82, 2.24) is 19.6 Å². The molecule has 124 valence electrons. The van der Waals surface area contributed by atoms with E-state index in [0.717, 1.165) is 18.5 Å². The second-order valence-electron chi connectivity index (χ2n) is 5.64. The maximum absolute atomic E-state index is 12.3. The van der Waals surface area contributed by atoms with Crippen LogP contribution in [0.25, 0.3) is 0 Å². The van der Waals surface area contributed by atoms with Gasteiger partial charge in [-0.1, -0.05) is 19.1 Å². The van der Waals surface area contributed by atoms with Crippen LogP contribution in [0.3, 0.4) is 0 Å². The second-order valence-corrected chi connectivity index (χ2v) is 5.64. The fraction of sp³-hybridized carbons (Fsp3) is 0.278. The van der Waals surface area contributed by atoms with Crippen molar-refractivity contribution < 1.29 is 4.79 Å². The Morgan fingerprint density at radius 3 is 2.42 bits per heavy atom. The van der Waals surface area contributed by atoms with Crippen molar-refractivity contribution in [2.45, 2.75) is 33.4 Å². The van der Waals surface area contributed by atoms with Crippen LogP contribution in [0, 0.1) is 0 Å². The zero-order valence-electron chi connectivity index (χ0n) is 13.9. The highest BCUT2D eigenvalue weighted by molar-refractivity contribution is 6.04. The van der Waals surface area contributed by atoms with E-state index in [4.69, 9.17) is 0 Å². The molecule has 6 heteroatoms. The number of aryl methyl sites for hydroxylation is 2. The number of nitrogens with zero attached hydrogens (tertiary/aromatic N) is 4. The van der Waals surface area contributed by atoms with Gasteiger partial charge in [0, 0.05) is 30.1 Å². The van der Waals surface area contributed by atoms with Crippen LogP contribution in [-0.2, 0) is 19.5 Å². The van der Waals surface area contributed by atoms with E-state index < -0.39 is 0 Å². The highest BCUT2D eigenvalue weighted by Gasteiger charge is 2.08. The number of rotatable bonds is 6. The molecule has 0 unspecified atom stereocenters. The number of carbonyl (C=O) groups excluding carboxylic acids is 1. The summed E-state index contributed by atoms with van der Waals surface area (Å²) in [6.07, 6.45) is 8.27. The van der Waals surface area contributed by atoms with Crippen molar-refractivity contribution in [1.29, 1.82) is 0 Å². The maximum Gasteiger partial charge on any atom is 0.255 e. The highest BCUT2D eigenvalue weighted by Crippen LogP contribution is 2.11. The van der Waals surface area contributed by atoms with Crippen LogP contribution in [0.2, 0.25) is 0 Å². The molecule has 0 saturated heterocycles. The molecule has 0 atom stereocenters. The van der Waals surface area contributed by atoms with Crippen LogP contribution in [-0.4, -0.2) is 25.5 Å². The Morgan fingerprint density at radius 1 is 1.00 bits per heavy atom. The Labute approximate surface area is 141 Å². The average Bonchev–Trinajstić information content (AvgIpc) is 3.24. The van der Waals surface area contributed by atoms with Gasteiger partial charge >= 0.3 is 0 Å². The van der Waals surface area contributed by atoms with Gasteiger partial charge in [-0.3, -0.25) is 14.2 Å². The molecule has 0 saturated carbocycles. The number of hydrogen-bond acceptors (Lipinski definition) is 3. The summed E-state index contributed by atoms with van der Waals surface area (Å²) in [5.41, 5.74) is 3.62. The lowest BCUT2D eigenvalue weighted by molar-refractivity contribution is 0.102. The van der Waals surface area contributed by atoms with Gasteiger partial charge in [0.15, 0.2) is 0 Å². The van der Waals surface area contributed by atoms with Crippen molar-refractivity contribution in [3.05, 3.63) is 65.7 Å². The normalized spacial score (nSPS) is 10.8. The molecule has 1 amide bonds. The predicted molar refractivity (Wildman–Crippen MR) is 93.0 cm³/mol. The fourth-order valence-electron chi connectivity index (χ4n) is 2.46. The highest BCUT2D eigenvalue weighted by atomic mass is 16.1. The molecule has 6 nitrogen and oxygen atoms in total. The van der Waals surface area contributed by atoms with Gasteiger partial charge in [-0.25, -0.2) is 0 Å².